The molecule has 3 aromatic carbocycles. The van der Waals surface area contributed by atoms with Crippen molar-refractivity contribution in [1.29, 1.82) is 0 Å². The van der Waals surface area contributed by atoms with Gasteiger partial charge in [-0.25, -0.2) is 17.7 Å². The normalized spacial score (nSPS) is 16.0. The summed E-state index contributed by atoms with van der Waals surface area (Å²) in [5.41, 5.74) is 0.620. The topological polar surface area (TPSA) is 101 Å². The van der Waals surface area contributed by atoms with Gasteiger partial charge in [-0.1, -0.05) is 29.8 Å². The zero-order chi connectivity index (χ0) is 26.0. The lowest BCUT2D eigenvalue weighted by Gasteiger charge is -2.27. The number of carbonyl (C=O) groups excluding carboxylic acids is 3. The number of imide groups is 1. The molecule has 1 aliphatic heterocycles. The van der Waals surface area contributed by atoms with Gasteiger partial charge >= 0.3 is 5.97 Å². The van der Waals surface area contributed by atoms with Crippen molar-refractivity contribution in [1.82, 2.24) is 4.31 Å². The van der Waals surface area contributed by atoms with E-state index in [4.69, 9.17) is 16.3 Å². The van der Waals surface area contributed by atoms with Crippen molar-refractivity contribution in [2.24, 2.45) is 0 Å². The minimum absolute atomic E-state index is 0.195. The minimum Gasteiger partial charge on any atom is -0.427 e. The molecule has 1 atom stereocenters. The van der Waals surface area contributed by atoms with E-state index in [1.54, 1.807) is 24.3 Å². The van der Waals surface area contributed by atoms with E-state index in [9.17, 15) is 27.2 Å². The maximum atomic E-state index is 13.6. The summed E-state index contributed by atoms with van der Waals surface area (Å²) in [6.45, 7) is 0.948. The summed E-state index contributed by atoms with van der Waals surface area (Å²) in [6, 6.07) is 15.0. The highest BCUT2D eigenvalue weighted by atomic mass is 35.5. The molecular formula is C25H20ClFN2O6S. The molecule has 186 valence electrons. The molecular weight excluding hydrogens is 511 g/mol. The Morgan fingerprint density at radius 3 is 2.31 bits per heavy atom. The van der Waals surface area contributed by atoms with Crippen LogP contribution in [0, 0.1) is 5.82 Å². The van der Waals surface area contributed by atoms with Crippen LogP contribution in [0.3, 0.4) is 0 Å². The molecule has 36 heavy (non-hydrogen) atoms. The first-order valence-electron chi connectivity index (χ1n) is 10.7. The number of halogens is 2. The molecule has 1 heterocycles. The highest BCUT2D eigenvalue weighted by molar-refractivity contribution is 7.89. The number of nitrogens with zero attached hydrogens (tertiary/aromatic N) is 2. The van der Waals surface area contributed by atoms with Gasteiger partial charge in [-0.15, -0.1) is 0 Å². The third-order valence-corrected chi connectivity index (χ3v) is 7.77. The van der Waals surface area contributed by atoms with Crippen molar-refractivity contribution >= 4 is 45.1 Å². The predicted molar refractivity (Wildman–Crippen MR) is 129 cm³/mol. The predicted octanol–water partition coefficient (Wildman–Crippen LogP) is 3.93. The van der Waals surface area contributed by atoms with Crippen LogP contribution in [0.1, 0.15) is 18.9 Å². The number of sulfonamides is 1. The van der Waals surface area contributed by atoms with Crippen LogP contribution in [0.5, 0.6) is 5.75 Å². The van der Waals surface area contributed by atoms with Gasteiger partial charge < -0.3 is 4.74 Å². The minimum atomic E-state index is -4.35. The van der Waals surface area contributed by atoms with Crippen LogP contribution >= 0.6 is 11.6 Å². The van der Waals surface area contributed by atoms with E-state index in [0.717, 1.165) is 33.5 Å². The smallest absolute Gasteiger partial charge is 0.308 e. The average Bonchev–Trinajstić information content (AvgIpc) is 3.12. The molecule has 0 aromatic heterocycles. The molecule has 2 amide bonds. The fourth-order valence-electron chi connectivity index (χ4n) is 3.84. The molecule has 8 nitrogen and oxygen atoms in total. The first-order chi connectivity index (χ1) is 17.1. The van der Waals surface area contributed by atoms with Crippen LogP contribution in [-0.4, -0.2) is 36.5 Å². The molecule has 0 aliphatic carbocycles. The van der Waals surface area contributed by atoms with Crippen molar-refractivity contribution in [3.63, 3.8) is 0 Å². The summed E-state index contributed by atoms with van der Waals surface area (Å²) in [4.78, 5) is 38.2. The number of esters is 1. The number of amides is 2. The maximum Gasteiger partial charge on any atom is 0.308 e. The second-order valence-corrected chi connectivity index (χ2v) is 10.3. The summed E-state index contributed by atoms with van der Waals surface area (Å²) < 4.78 is 46.6. The van der Waals surface area contributed by atoms with Crippen LogP contribution in [0.15, 0.2) is 77.7 Å². The molecule has 0 N–H and O–H groups in total. The Kier molecular flexibility index (Phi) is 7.21. The van der Waals surface area contributed by atoms with Crippen LogP contribution in [0.25, 0.3) is 0 Å². The van der Waals surface area contributed by atoms with Gasteiger partial charge in [0.15, 0.2) is 0 Å². The van der Waals surface area contributed by atoms with Crippen molar-refractivity contribution in [3.8, 4) is 5.75 Å². The van der Waals surface area contributed by atoms with Gasteiger partial charge in [-0.05, 0) is 60.2 Å². The standard InChI is InChI=1S/C25H20ClFN2O6S/c1-16(30)35-20-10-8-19(9-11-20)29-24(31)14-23(25(29)32)28(15-17-4-2-3-5-22(17)26)36(33,34)21-12-6-18(27)7-13-21/h2-13,23H,14-15H2,1H3. The molecule has 1 aliphatic rings. The zero-order valence-corrected chi connectivity index (χ0v) is 20.5. The van der Waals surface area contributed by atoms with Gasteiger partial charge in [0, 0.05) is 18.5 Å². The van der Waals surface area contributed by atoms with Crippen molar-refractivity contribution in [2.75, 3.05) is 4.90 Å². The van der Waals surface area contributed by atoms with Gasteiger partial charge in [-0.3, -0.25) is 14.4 Å². The Morgan fingerprint density at radius 1 is 1.06 bits per heavy atom. The highest BCUT2D eigenvalue weighted by Crippen LogP contribution is 2.32. The van der Waals surface area contributed by atoms with E-state index in [1.807, 2.05) is 0 Å². The monoisotopic (exact) mass is 530 g/mol. The molecule has 11 heteroatoms. The lowest BCUT2D eigenvalue weighted by Crippen LogP contribution is -2.45. The lowest BCUT2D eigenvalue weighted by molar-refractivity contribution is -0.132. The summed E-state index contributed by atoms with van der Waals surface area (Å²) in [7, 11) is -4.35. The summed E-state index contributed by atoms with van der Waals surface area (Å²) in [5, 5.41) is 0.284. The van der Waals surface area contributed by atoms with Gasteiger partial charge in [0.25, 0.3) is 5.91 Å². The van der Waals surface area contributed by atoms with E-state index in [2.05, 4.69) is 0 Å². The number of ether oxygens (including phenoxy) is 1. The Hall–Kier alpha value is -3.60. The molecule has 0 saturated carbocycles. The van der Waals surface area contributed by atoms with Gasteiger partial charge in [0.1, 0.15) is 17.6 Å². The van der Waals surface area contributed by atoms with Crippen molar-refractivity contribution < 1.29 is 31.9 Å². The maximum absolute atomic E-state index is 13.6. The third kappa shape index (κ3) is 5.15. The Balaban J connectivity index is 1.71. The molecule has 0 radical (unpaired) electrons. The number of benzene rings is 3. The Bertz CT molecular complexity index is 1430. The average molecular weight is 531 g/mol. The van der Waals surface area contributed by atoms with Gasteiger partial charge in [0.05, 0.1) is 17.0 Å². The fourth-order valence-corrected chi connectivity index (χ4v) is 5.60. The summed E-state index contributed by atoms with van der Waals surface area (Å²) in [6.07, 6.45) is -0.407. The SMILES string of the molecule is CC(=O)Oc1ccc(N2C(=O)CC(N(Cc3ccccc3Cl)S(=O)(=O)c3ccc(F)cc3)C2=O)cc1. The summed E-state index contributed by atoms with van der Waals surface area (Å²) in [5.74, 6) is -2.29. The lowest BCUT2D eigenvalue weighted by atomic mass is 10.2. The number of hydrogen-bond acceptors (Lipinski definition) is 6. The van der Waals surface area contributed by atoms with Crippen molar-refractivity contribution in [2.45, 2.75) is 30.8 Å². The van der Waals surface area contributed by atoms with E-state index in [-0.39, 0.29) is 27.9 Å². The first kappa shape index (κ1) is 25.5. The van der Waals surface area contributed by atoms with E-state index < -0.39 is 46.1 Å². The molecule has 1 saturated heterocycles. The number of rotatable bonds is 7. The number of hydrogen-bond donors (Lipinski definition) is 0. The van der Waals surface area contributed by atoms with Crippen LogP contribution in [-0.2, 0) is 31.0 Å². The second-order valence-electron chi connectivity index (χ2n) is 7.97. The largest absolute Gasteiger partial charge is 0.427 e. The third-order valence-electron chi connectivity index (χ3n) is 5.53. The van der Waals surface area contributed by atoms with E-state index in [1.165, 1.54) is 31.2 Å². The zero-order valence-electron chi connectivity index (χ0n) is 18.9. The van der Waals surface area contributed by atoms with Crippen LogP contribution in [0.4, 0.5) is 10.1 Å². The molecule has 0 spiro atoms. The summed E-state index contributed by atoms with van der Waals surface area (Å²) >= 11 is 6.26. The molecule has 1 unspecified atom stereocenters. The molecule has 0 bridgehead atoms. The highest BCUT2D eigenvalue weighted by Gasteiger charge is 2.47. The molecule has 4 rings (SSSR count). The second kappa shape index (κ2) is 10.2. The Labute approximate surface area is 211 Å². The van der Waals surface area contributed by atoms with Gasteiger partial charge in [0.2, 0.25) is 15.9 Å². The first-order valence-corrected chi connectivity index (χ1v) is 12.6. The van der Waals surface area contributed by atoms with Crippen molar-refractivity contribution in [3.05, 3.63) is 89.2 Å². The Morgan fingerprint density at radius 2 is 1.69 bits per heavy atom. The molecule has 1 fully saturated rings. The van der Waals surface area contributed by atoms with Gasteiger partial charge in [-0.2, -0.15) is 4.31 Å². The quantitative estimate of drug-likeness (QED) is 0.261. The van der Waals surface area contributed by atoms with E-state index in [0.29, 0.717) is 5.56 Å². The van der Waals surface area contributed by atoms with Crippen LogP contribution in [0.2, 0.25) is 5.02 Å². The van der Waals surface area contributed by atoms with Crippen LogP contribution < -0.4 is 9.64 Å². The number of anilines is 1. The molecule has 3 aromatic rings. The number of carbonyl (C=O) groups is 3. The van der Waals surface area contributed by atoms with E-state index >= 15 is 0 Å². The fraction of sp³-hybridized carbons (Fsp3) is 0.160.